The fourth-order valence-corrected chi connectivity index (χ4v) is 5.76. The number of rotatable bonds is 6. The van der Waals surface area contributed by atoms with Crippen molar-refractivity contribution in [2.45, 2.75) is 41.8 Å². The molecule has 182 valence electrons. The van der Waals surface area contributed by atoms with Crippen LogP contribution in [0, 0.1) is 17.6 Å². The lowest BCUT2D eigenvalue weighted by Gasteiger charge is -2.42. The SMILES string of the molecule is CS(=O)(=O)c1cccc(C(=O)N2CC(F)C[C@@]2(C(N)=O)[C@@H](c2cc(F)c(Cl)cc2F)C2CC2)c1. The van der Waals surface area contributed by atoms with Gasteiger partial charge in [0.05, 0.1) is 16.5 Å². The highest BCUT2D eigenvalue weighted by molar-refractivity contribution is 7.90. The van der Waals surface area contributed by atoms with Gasteiger partial charge in [-0.25, -0.2) is 21.6 Å². The van der Waals surface area contributed by atoms with Gasteiger partial charge < -0.3 is 10.6 Å². The van der Waals surface area contributed by atoms with Crippen molar-refractivity contribution in [3.63, 3.8) is 0 Å². The summed E-state index contributed by atoms with van der Waals surface area (Å²) in [5.74, 6) is -5.14. The van der Waals surface area contributed by atoms with Gasteiger partial charge in [0.25, 0.3) is 5.91 Å². The third-order valence-corrected chi connectivity index (χ3v) is 7.96. The lowest BCUT2D eigenvalue weighted by Crippen LogP contribution is -2.60. The standard InChI is InChI=1S/C23H22ClF3N2O4S/c1-34(32,33)15-4-2-3-13(7-15)21(30)29-11-14(25)10-23(29,22(28)31)20(12-5-6-12)16-8-19(27)17(24)9-18(16)26/h2-4,7-9,12,14,20H,5-6,10-11H2,1H3,(H2,28,31)/t14?,20-,23+/m1/s1. The number of benzene rings is 2. The van der Waals surface area contributed by atoms with Gasteiger partial charge in [-0.15, -0.1) is 0 Å². The number of carbonyl (C=O) groups is 2. The van der Waals surface area contributed by atoms with Gasteiger partial charge >= 0.3 is 0 Å². The first-order valence-corrected chi connectivity index (χ1v) is 12.8. The van der Waals surface area contributed by atoms with Crippen molar-refractivity contribution in [1.82, 2.24) is 4.90 Å². The molecule has 0 aromatic heterocycles. The molecule has 2 amide bonds. The van der Waals surface area contributed by atoms with Gasteiger partial charge in [-0.3, -0.25) is 9.59 Å². The van der Waals surface area contributed by atoms with E-state index in [0.29, 0.717) is 12.8 Å². The van der Waals surface area contributed by atoms with Crippen LogP contribution in [0.15, 0.2) is 41.3 Å². The van der Waals surface area contributed by atoms with Crippen molar-refractivity contribution < 1.29 is 31.2 Å². The molecule has 0 bridgehead atoms. The zero-order valence-corrected chi connectivity index (χ0v) is 19.7. The highest BCUT2D eigenvalue weighted by Crippen LogP contribution is 2.55. The summed E-state index contributed by atoms with van der Waals surface area (Å²) in [5.41, 5.74) is 3.49. The van der Waals surface area contributed by atoms with Crippen LogP contribution in [-0.4, -0.2) is 49.6 Å². The Morgan fingerprint density at radius 2 is 1.85 bits per heavy atom. The molecule has 1 saturated heterocycles. The molecule has 6 nitrogen and oxygen atoms in total. The number of hydrogen-bond acceptors (Lipinski definition) is 4. The van der Waals surface area contributed by atoms with Gasteiger partial charge in [0.1, 0.15) is 23.3 Å². The Morgan fingerprint density at radius 3 is 2.44 bits per heavy atom. The molecule has 1 heterocycles. The number of sulfone groups is 1. The molecule has 2 N–H and O–H groups in total. The number of primary amides is 1. The van der Waals surface area contributed by atoms with Crippen LogP contribution in [0.25, 0.3) is 0 Å². The second-order valence-corrected chi connectivity index (χ2v) is 11.3. The first-order valence-electron chi connectivity index (χ1n) is 10.6. The Bertz CT molecular complexity index is 1280. The Balaban J connectivity index is 1.88. The van der Waals surface area contributed by atoms with Crippen molar-refractivity contribution in [3.05, 3.63) is 64.2 Å². The molecule has 3 atom stereocenters. The van der Waals surface area contributed by atoms with E-state index in [0.717, 1.165) is 29.4 Å². The lowest BCUT2D eigenvalue weighted by atomic mass is 9.73. The average Bonchev–Trinajstić information content (AvgIpc) is 3.52. The fourth-order valence-electron chi connectivity index (χ4n) is 4.94. The normalized spacial score (nSPS) is 23.7. The largest absolute Gasteiger partial charge is 0.368 e. The van der Waals surface area contributed by atoms with Crippen LogP contribution >= 0.6 is 11.6 Å². The first-order chi connectivity index (χ1) is 15.9. The molecule has 1 aliphatic heterocycles. The molecule has 2 aromatic rings. The van der Waals surface area contributed by atoms with E-state index in [1.165, 1.54) is 18.2 Å². The maximum atomic E-state index is 15.0. The minimum Gasteiger partial charge on any atom is -0.368 e. The molecule has 1 unspecified atom stereocenters. The first kappa shape index (κ1) is 24.5. The highest BCUT2D eigenvalue weighted by Gasteiger charge is 2.61. The maximum absolute atomic E-state index is 15.0. The average molecular weight is 515 g/mol. The Labute approximate surface area is 199 Å². The smallest absolute Gasteiger partial charge is 0.254 e. The fraction of sp³-hybridized carbons (Fsp3) is 0.391. The minimum absolute atomic E-state index is 0.0973. The summed E-state index contributed by atoms with van der Waals surface area (Å²) in [4.78, 5) is 27.3. The molecule has 11 heteroatoms. The molecule has 4 rings (SSSR count). The zero-order valence-electron chi connectivity index (χ0n) is 18.1. The van der Waals surface area contributed by atoms with Crippen molar-refractivity contribution >= 4 is 33.3 Å². The van der Waals surface area contributed by atoms with Crippen LogP contribution in [0.3, 0.4) is 0 Å². The van der Waals surface area contributed by atoms with Crippen LogP contribution in [-0.2, 0) is 14.6 Å². The van der Waals surface area contributed by atoms with E-state index >= 15 is 4.39 Å². The number of amides is 2. The monoisotopic (exact) mass is 514 g/mol. The molecule has 1 aliphatic carbocycles. The van der Waals surface area contributed by atoms with E-state index in [1.807, 2.05) is 0 Å². The molecule has 0 spiro atoms. The highest BCUT2D eigenvalue weighted by atomic mass is 35.5. The summed E-state index contributed by atoms with van der Waals surface area (Å²) in [6.45, 7) is -0.508. The van der Waals surface area contributed by atoms with E-state index < -0.39 is 68.9 Å². The Hall–Kier alpha value is -2.59. The van der Waals surface area contributed by atoms with Gasteiger partial charge in [-0.05, 0) is 54.7 Å². The molecule has 2 aromatic carbocycles. The quantitative estimate of drug-likeness (QED) is 0.595. The number of nitrogens with two attached hydrogens (primary N) is 1. The van der Waals surface area contributed by atoms with E-state index in [4.69, 9.17) is 17.3 Å². The van der Waals surface area contributed by atoms with E-state index in [9.17, 15) is 26.8 Å². The Morgan fingerprint density at radius 1 is 1.18 bits per heavy atom. The van der Waals surface area contributed by atoms with Crippen molar-refractivity contribution in [3.8, 4) is 0 Å². The number of alkyl halides is 1. The van der Waals surface area contributed by atoms with Crippen molar-refractivity contribution in [2.75, 3.05) is 12.8 Å². The number of carbonyl (C=O) groups excluding carboxylic acids is 2. The molecule has 2 aliphatic rings. The predicted molar refractivity (Wildman–Crippen MR) is 119 cm³/mol. The summed E-state index contributed by atoms with van der Waals surface area (Å²) >= 11 is 5.70. The third kappa shape index (κ3) is 4.17. The van der Waals surface area contributed by atoms with Gasteiger partial charge in [-0.2, -0.15) is 0 Å². The summed E-state index contributed by atoms with van der Waals surface area (Å²) in [7, 11) is -3.66. The summed E-state index contributed by atoms with van der Waals surface area (Å²) < 4.78 is 68.2. The number of hydrogen-bond donors (Lipinski definition) is 1. The van der Waals surface area contributed by atoms with Gasteiger partial charge in [0.15, 0.2) is 9.84 Å². The summed E-state index contributed by atoms with van der Waals surface area (Å²) in [6.07, 6.45) is -0.0858. The van der Waals surface area contributed by atoms with Crippen LogP contribution in [0.2, 0.25) is 5.02 Å². The van der Waals surface area contributed by atoms with Gasteiger partial charge in [0, 0.05) is 24.2 Å². The maximum Gasteiger partial charge on any atom is 0.254 e. The molecular formula is C23H22ClF3N2O4S. The van der Waals surface area contributed by atoms with E-state index in [1.54, 1.807) is 0 Å². The van der Waals surface area contributed by atoms with Crippen molar-refractivity contribution in [2.24, 2.45) is 11.7 Å². The van der Waals surface area contributed by atoms with Gasteiger partial charge in [0.2, 0.25) is 5.91 Å². The predicted octanol–water partition coefficient (Wildman–Crippen LogP) is 3.62. The second-order valence-electron chi connectivity index (χ2n) is 8.91. The molecule has 0 radical (unpaired) electrons. The molecule has 34 heavy (non-hydrogen) atoms. The second kappa shape index (κ2) is 8.57. The lowest BCUT2D eigenvalue weighted by molar-refractivity contribution is -0.129. The van der Waals surface area contributed by atoms with Crippen LogP contribution in [0.1, 0.15) is 41.1 Å². The van der Waals surface area contributed by atoms with Crippen LogP contribution in [0.5, 0.6) is 0 Å². The summed E-state index contributed by atoms with van der Waals surface area (Å²) in [5, 5.41) is -0.454. The minimum atomic E-state index is -3.66. The van der Waals surface area contributed by atoms with E-state index in [2.05, 4.69) is 0 Å². The zero-order chi connectivity index (χ0) is 25.0. The number of likely N-dealkylation sites (tertiary alicyclic amines) is 1. The number of halogens is 4. The van der Waals surface area contributed by atoms with Crippen LogP contribution < -0.4 is 5.73 Å². The molecule has 1 saturated carbocycles. The Kier molecular flexibility index (Phi) is 6.18. The van der Waals surface area contributed by atoms with Gasteiger partial charge in [-0.1, -0.05) is 17.7 Å². The van der Waals surface area contributed by atoms with E-state index in [-0.39, 0.29) is 21.9 Å². The summed E-state index contributed by atoms with van der Waals surface area (Å²) in [6, 6.07) is 6.76. The topological polar surface area (TPSA) is 97.5 Å². The van der Waals surface area contributed by atoms with Crippen LogP contribution in [0.4, 0.5) is 13.2 Å². The number of nitrogens with zero attached hydrogens (tertiary/aromatic N) is 1. The van der Waals surface area contributed by atoms with Crippen molar-refractivity contribution in [1.29, 1.82) is 0 Å². The molecular weight excluding hydrogens is 493 g/mol. The molecule has 2 fully saturated rings. The third-order valence-electron chi connectivity index (χ3n) is 6.56.